The smallest absolute Gasteiger partial charge is 0.224 e. The summed E-state index contributed by atoms with van der Waals surface area (Å²) >= 11 is 0. The van der Waals surface area contributed by atoms with Crippen molar-refractivity contribution in [1.82, 2.24) is 0 Å². The summed E-state index contributed by atoms with van der Waals surface area (Å²) in [5.41, 5.74) is 2.71. The molecule has 3 nitrogen and oxygen atoms in total. The number of anilines is 1. The first-order chi connectivity index (χ1) is 9.63. The maximum Gasteiger partial charge on any atom is 0.224 e. The topological polar surface area (TPSA) is 46.2 Å². The monoisotopic (exact) mass is 269 g/mol. The zero-order valence-electron chi connectivity index (χ0n) is 10.7. The molecule has 0 aliphatic carbocycles. The molecule has 0 radical (unpaired) electrons. The van der Waals surface area contributed by atoms with Crippen molar-refractivity contribution >= 4 is 17.4 Å². The first-order valence-electron chi connectivity index (χ1n) is 6.36. The van der Waals surface area contributed by atoms with Crippen molar-refractivity contribution in [2.45, 2.75) is 12.8 Å². The van der Waals surface area contributed by atoms with Crippen molar-refractivity contribution in [1.29, 1.82) is 0 Å². The van der Waals surface area contributed by atoms with E-state index in [0.717, 1.165) is 11.3 Å². The Morgan fingerprint density at radius 2 is 1.70 bits per heavy atom. The van der Waals surface area contributed by atoms with E-state index in [-0.39, 0.29) is 17.5 Å². The molecule has 100 valence electrons. The number of fused-ring (bicyclic) bond motifs is 1. The van der Waals surface area contributed by atoms with Crippen LogP contribution in [0.4, 0.5) is 10.1 Å². The standard InChI is InChI=1S/C16H12FNO2/c17-13-5-1-10(2-6-13)16(20)12-3-7-14-11(9-12)4-8-15(19)18-14/h1-3,5-7,9H,4,8H2,(H,18,19). The van der Waals surface area contributed by atoms with Crippen LogP contribution in [-0.2, 0) is 11.2 Å². The van der Waals surface area contributed by atoms with Gasteiger partial charge in [-0.3, -0.25) is 9.59 Å². The molecule has 4 heteroatoms. The van der Waals surface area contributed by atoms with Gasteiger partial charge in [0.05, 0.1) is 0 Å². The number of amides is 1. The lowest BCUT2D eigenvalue weighted by Crippen LogP contribution is -2.19. The van der Waals surface area contributed by atoms with Gasteiger partial charge in [0.2, 0.25) is 5.91 Å². The van der Waals surface area contributed by atoms with Crippen molar-refractivity contribution in [3.05, 3.63) is 65.0 Å². The van der Waals surface area contributed by atoms with Crippen LogP contribution in [0.5, 0.6) is 0 Å². The Balaban J connectivity index is 1.93. The van der Waals surface area contributed by atoms with Crippen LogP contribution in [0.1, 0.15) is 27.9 Å². The molecular weight excluding hydrogens is 257 g/mol. The molecular formula is C16H12FNO2. The quantitative estimate of drug-likeness (QED) is 0.852. The van der Waals surface area contributed by atoms with E-state index in [0.29, 0.717) is 24.0 Å². The highest BCUT2D eigenvalue weighted by atomic mass is 19.1. The summed E-state index contributed by atoms with van der Waals surface area (Å²) in [6, 6.07) is 10.7. The Morgan fingerprint density at radius 3 is 2.45 bits per heavy atom. The van der Waals surface area contributed by atoms with Gasteiger partial charge in [-0.25, -0.2) is 4.39 Å². The fourth-order valence-electron chi connectivity index (χ4n) is 2.29. The first kappa shape index (κ1) is 12.5. The van der Waals surface area contributed by atoms with Crippen molar-refractivity contribution < 1.29 is 14.0 Å². The minimum absolute atomic E-state index is 0.00453. The Bertz CT molecular complexity index is 692. The Labute approximate surface area is 115 Å². The molecule has 1 heterocycles. The average Bonchev–Trinajstić information content (AvgIpc) is 2.47. The molecule has 1 amide bonds. The molecule has 0 fully saturated rings. The first-order valence-corrected chi connectivity index (χ1v) is 6.36. The van der Waals surface area contributed by atoms with Crippen molar-refractivity contribution in [2.75, 3.05) is 5.32 Å². The zero-order valence-corrected chi connectivity index (χ0v) is 10.7. The summed E-state index contributed by atoms with van der Waals surface area (Å²) in [4.78, 5) is 23.6. The van der Waals surface area contributed by atoms with Crippen LogP contribution in [-0.4, -0.2) is 11.7 Å². The van der Waals surface area contributed by atoms with Gasteiger partial charge in [-0.1, -0.05) is 0 Å². The van der Waals surface area contributed by atoms with Crippen LogP contribution in [0, 0.1) is 5.82 Å². The fraction of sp³-hybridized carbons (Fsp3) is 0.125. The average molecular weight is 269 g/mol. The van der Waals surface area contributed by atoms with Gasteiger partial charge in [0.1, 0.15) is 5.82 Å². The predicted octanol–water partition coefficient (Wildman–Crippen LogP) is 2.94. The number of nitrogens with one attached hydrogen (secondary N) is 1. The van der Waals surface area contributed by atoms with E-state index in [1.807, 2.05) is 0 Å². The second-order valence-corrected chi connectivity index (χ2v) is 4.76. The van der Waals surface area contributed by atoms with E-state index in [1.54, 1.807) is 18.2 Å². The van der Waals surface area contributed by atoms with Crippen molar-refractivity contribution in [3.8, 4) is 0 Å². The Kier molecular flexibility index (Phi) is 3.06. The van der Waals surface area contributed by atoms with Gasteiger partial charge in [-0.15, -0.1) is 0 Å². The molecule has 1 N–H and O–H groups in total. The van der Waals surface area contributed by atoms with Crippen molar-refractivity contribution in [3.63, 3.8) is 0 Å². The number of carbonyl (C=O) groups is 2. The number of benzene rings is 2. The summed E-state index contributed by atoms with van der Waals surface area (Å²) in [5, 5.41) is 2.77. The van der Waals surface area contributed by atoms with Crippen LogP contribution in [0.15, 0.2) is 42.5 Å². The van der Waals surface area contributed by atoms with Gasteiger partial charge in [-0.05, 0) is 54.4 Å². The van der Waals surface area contributed by atoms with Gasteiger partial charge in [0, 0.05) is 23.2 Å². The van der Waals surface area contributed by atoms with Crippen LogP contribution >= 0.6 is 0 Å². The Hall–Kier alpha value is -2.49. The number of halogens is 1. The van der Waals surface area contributed by atoms with Crippen LogP contribution < -0.4 is 5.32 Å². The van der Waals surface area contributed by atoms with Gasteiger partial charge in [0.15, 0.2) is 5.78 Å². The van der Waals surface area contributed by atoms with E-state index in [2.05, 4.69) is 5.32 Å². The molecule has 0 atom stereocenters. The third-order valence-corrected chi connectivity index (χ3v) is 3.37. The van der Waals surface area contributed by atoms with Crippen LogP contribution in [0.25, 0.3) is 0 Å². The highest BCUT2D eigenvalue weighted by molar-refractivity contribution is 6.09. The molecule has 1 aliphatic heterocycles. The normalized spacial score (nSPS) is 13.6. The zero-order chi connectivity index (χ0) is 14.1. The van der Waals surface area contributed by atoms with Gasteiger partial charge >= 0.3 is 0 Å². The van der Waals surface area contributed by atoms with E-state index in [9.17, 15) is 14.0 Å². The van der Waals surface area contributed by atoms with E-state index in [4.69, 9.17) is 0 Å². The molecule has 0 saturated carbocycles. The summed E-state index contributed by atoms with van der Waals surface area (Å²) in [6.07, 6.45) is 1.06. The number of ketones is 1. The Morgan fingerprint density at radius 1 is 1.00 bits per heavy atom. The minimum Gasteiger partial charge on any atom is -0.326 e. The number of hydrogen-bond acceptors (Lipinski definition) is 2. The number of carbonyl (C=O) groups excluding carboxylic acids is 2. The highest BCUT2D eigenvalue weighted by Crippen LogP contribution is 2.24. The van der Waals surface area contributed by atoms with E-state index in [1.165, 1.54) is 24.3 Å². The molecule has 0 bridgehead atoms. The maximum absolute atomic E-state index is 12.9. The summed E-state index contributed by atoms with van der Waals surface area (Å²) in [7, 11) is 0. The summed E-state index contributed by atoms with van der Waals surface area (Å²) < 4.78 is 12.9. The van der Waals surface area contributed by atoms with E-state index < -0.39 is 0 Å². The van der Waals surface area contributed by atoms with Gasteiger partial charge in [-0.2, -0.15) is 0 Å². The summed E-state index contributed by atoms with van der Waals surface area (Å²) in [6.45, 7) is 0. The molecule has 3 rings (SSSR count). The molecule has 2 aromatic carbocycles. The van der Waals surface area contributed by atoms with Crippen LogP contribution in [0.3, 0.4) is 0 Å². The fourth-order valence-corrected chi connectivity index (χ4v) is 2.29. The lowest BCUT2D eigenvalue weighted by Gasteiger charge is -2.17. The van der Waals surface area contributed by atoms with E-state index >= 15 is 0 Å². The van der Waals surface area contributed by atoms with Gasteiger partial charge in [0.25, 0.3) is 0 Å². The summed E-state index contributed by atoms with van der Waals surface area (Å²) in [5.74, 6) is -0.519. The van der Waals surface area contributed by atoms with Gasteiger partial charge < -0.3 is 5.32 Å². The molecule has 0 unspecified atom stereocenters. The molecule has 0 saturated heterocycles. The second kappa shape index (κ2) is 4.89. The third-order valence-electron chi connectivity index (χ3n) is 3.37. The largest absolute Gasteiger partial charge is 0.326 e. The lowest BCUT2D eigenvalue weighted by molar-refractivity contribution is -0.116. The third kappa shape index (κ3) is 2.32. The lowest BCUT2D eigenvalue weighted by atomic mass is 9.96. The number of rotatable bonds is 2. The maximum atomic E-state index is 12.9. The molecule has 2 aromatic rings. The number of hydrogen-bond donors (Lipinski definition) is 1. The van der Waals surface area contributed by atoms with Crippen molar-refractivity contribution in [2.24, 2.45) is 0 Å². The predicted molar refractivity (Wildman–Crippen MR) is 73.2 cm³/mol. The second-order valence-electron chi connectivity index (χ2n) is 4.76. The molecule has 0 aromatic heterocycles. The molecule has 20 heavy (non-hydrogen) atoms. The minimum atomic E-state index is -0.366. The number of aryl methyl sites for hydroxylation is 1. The molecule has 1 aliphatic rings. The highest BCUT2D eigenvalue weighted by Gasteiger charge is 2.17. The SMILES string of the molecule is O=C1CCc2cc(C(=O)c3ccc(F)cc3)ccc2N1. The molecule has 0 spiro atoms. The van der Waals surface area contributed by atoms with Crippen LogP contribution in [0.2, 0.25) is 0 Å².